The van der Waals surface area contributed by atoms with Gasteiger partial charge in [0.25, 0.3) is 0 Å². The quantitative estimate of drug-likeness (QED) is 0.187. The fourth-order valence-corrected chi connectivity index (χ4v) is 2.55. The van der Waals surface area contributed by atoms with Crippen LogP contribution in [0.1, 0.15) is 27.7 Å². The molecule has 0 radical (unpaired) electrons. The van der Waals surface area contributed by atoms with E-state index in [1.165, 1.54) is 6.92 Å². The number of carbonyl (C=O) groups is 4. The van der Waals surface area contributed by atoms with Gasteiger partial charge in [-0.05, 0) is 12.2 Å². The lowest BCUT2D eigenvalue weighted by molar-refractivity contribution is -0.258. The van der Waals surface area contributed by atoms with E-state index in [-0.39, 0.29) is 11.7 Å². The summed E-state index contributed by atoms with van der Waals surface area (Å²) in [6, 6.07) is 0. The van der Waals surface area contributed by atoms with Gasteiger partial charge in [0, 0.05) is 27.7 Å². The second-order valence-corrected chi connectivity index (χ2v) is 6.19. The molecule has 1 saturated heterocycles. The van der Waals surface area contributed by atoms with E-state index in [1.807, 2.05) is 0 Å². The van der Waals surface area contributed by atoms with Crippen molar-refractivity contribution in [3.8, 4) is 0 Å². The van der Waals surface area contributed by atoms with Gasteiger partial charge in [0.2, 0.25) is 0 Å². The zero-order chi connectivity index (χ0) is 21.4. The molecule has 1 fully saturated rings. The SMILES string of the molecule is CC(=O)OC[C@H]1O[C@@H](NNC(N)=S)[C@H](OC(C)=O)[C@@H](OC(C)=O)[C@H]1OC(C)=O. The predicted octanol–water partition coefficient (Wildman–Crippen LogP) is -1.59. The van der Waals surface area contributed by atoms with Gasteiger partial charge in [-0.2, -0.15) is 0 Å². The highest BCUT2D eigenvalue weighted by atomic mass is 32.1. The zero-order valence-electron chi connectivity index (χ0n) is 15.8. The van der Waals surface area contributed by atoms with E-state index >= 15 is 0 Å². The smallest absolute Gasteiger partial charge is 0.303 e. The van der Waals surface area contributed by atoms with Crippen LogP contribution in [0.5, 0.6) is 0 Å². The summed E-state index contributed by atoms with van der Waals surface area (Å²) in [6.07, 6.45) is -5.96. The Bertz CT molecular complexity index is 586. The second kappa shape index (κ2) is 10.7. The number of nitrogens with one attached hydrogen (secondary N) is 2. The first-order chi connectivity index (χ1) is 13.0. The molecule has 0 unspecified atom stereocenters. The predicted molar refractivity (Wildman–Crippen MR) is 95.0 cm³/mol. The molecule has 0 aromatic rings. The molecule has 0 bridgehead atoms. The van der Waals surface area contributed by atoms with E-state index < -0.39 is 54.5 Å². The molecule has 0 aromatic heterocycles. The van der Waals surface area contributed by atoms with Gasteiger partial charge in [-0.3, -0.25) is 24.6 Å². The van der Waals surface area contributed by atoms with Gasteiger partial charge in [0.1, 0.15) is 12.7 Å². The van der Waals surface area contributed by atoms with Gasteiger partial charge in [-0.15, -0.1) is 0 Å². The highest BCUT2D eigenvalue weighted by Gasteiger charge is 2.52. The third-order valence-corrected chi connectivity index (χ3v) is 3.43. The van der Waals surface area contributed by atoms with Crippen molar-refractivity contribution in [2.45, 2.75) is 58.3 Å². The number of hydrazine groups is 1. The molecule has 1 rings (SSSR count). The van der Waals surface area contributed by atoms with E-state index in [0.29, 0.717) is 0 Å². The van der Waals surface area contributed by atoms with Crippen LogP contribution in [0.2, 0.25) is 0 Å². The molecule has 1 aliphatic rings. The molecule has 0 amide bonds. The van der Waals surface area contributed by atoms with E-state index in [2.05, 4.69) is 10.9 Å². The summed E-state index contributed by atoms with van der Waals surface area (Å²) in [5, 5.41) is -0.146. The van der Waals surface area contributed by atoms with Crippen LogP contribution in [0.25, 0.3) is 0 Å². The first-order valence-corrected chi connectivity index (χ1v) is 8.53. The van der Waals surface area contributed by atoms with Gasteiger partial charge >= 0.3 is 23.9 Å². The van der Waals surface area contributed by atoms with Crippen molar-refractivity contribution in [1.29, 1.82) is 0 Å². The monoisotopic (exact) mass is 421 g/mol. The molecular formula is C15H23N3O9S. The highest BCUT2D eigenvalue weighted by molar-refractivity contribution is 7.80. The molecular weight excluding hydrogens is 398 g/mol. The standard InChI is InChI=1S/C15H23N3O9S/c1-6(19)23-5-10-11(24-7(2)20)12(25-8(3)21)13(26-9(4)22)14(27-10)17-18-15(16)28/h10-14,17H,5H2,1-4H3,(H3,16,18,28)/t10-,11+,12+,13-,14-/m1/s1. The van der Waals surface area contributed by atoms with Crippen LogP contribution in [0.15, 0.2) is 0 Å². The molecule has 1 heterocycles. The van der Waals surface area contributed by atoms with Crippen molar-refractivity contribution < 1.29 is 42.9 Å². The second-order valence-electron chi connectivity index (χ2n) is 5.75. The number of ether oxygens (including phenoxy) is 5. The Morgan fingerprint density at radius 1 is 0.893 bits per heavy atom. The molecule has 158 valence electrons. The van der Waals surface area contributed by atoms with Crippen LogP contribution < -0.4 is 16.6 Å². The van der Waals surface area contributed by atoms with Crippen LogP contribution in [-0.4, -0.2) is 66.2 Å². The molecule has 1 aliphatic heterocycles. The number of esters is 4. The lowest BCUT2D eigenvalue weighted by Crippen LogP contribution is -2.67. The summed E-state index contributed by atoms with van der Waals surface area (Å²) in [5.74, 6) is -2.77. The van der Waals surface area contributed by atoms with Crippen LogP contribution >= 0.6 is 12.2 Å². The number of thiocarbonyl (C=S) groups is 1. The number of carbonyl (C=O) groups excluding carboxylic acids is 4. The van der Waals surface area contributed by atoms with Crippen molar-refractivity contribution >= 4 is 41.2 Å². The minimum atomic E-state index is -1.27. The molecule has 13 heteroatoms. The number of nitrogens with two attached hydrogens (primary N) is 1. The normalized spacial score (nSPS) is 26.5. The molecule has 5 atom stereocenters. The molecule has 0 aliphatic carbocycles. The lowest BCUT2D eigenvalue weighted by atomic mass is 9.97. The lowest BCUT2D eigenvalue weighted by Gasteiger charge is -2.44. The van der Waals surface area contributed by atoms with Gasteiger partial charge in [-0.1, -0.05) is 0 Å². The van der Waals surface area contributed by atoms with Crippen LogP contribution in [0.3, 0.4) is 0 Å². The Morgan fingerprint density at radius 2 is 1.39 bits per heavy atom. The van der Waals surface area contributed by atoms with Crippen molar-refractivity contribution in [2.24, 2.45) is 5.73 Å². The van der Waals surface area contributed by atoms with E-state index in [0.717, 1.165) is 20.8 Å². The Morgan fingerprint density at radius 3 is 1.86 bits per heavy atom. The maximum atomic E-state index is 11.6. The molecule has 0 spiro atoms. The summed E-state index contributed by atoms with van der Waals surface area (Å²) in [4.78, 5) is 45.9. The minimum Gasteiger partial charge on any atom is -0.463 e. The van der Waals surface area contributed by atoms with Gasteiger partial charge in [0.15, 0.2) is 29.7 Å². The minimum absolute atomic E-state index is 0.146. The summed E-state index contributed by atoms with van der Waals surface area (Å²) in [7, 11) is 0. The molecule has 28 heavy (non-hydrogen) atoms. The first-order valence-electron chi connectivity index (χ1n) is 8.12. The Balaban J connectivity index is 3.26. The number of hydrogen-bond acceptors (Lipinski definition) is 11. The summed E-state index contributed by atoms with van der Waals surface area (Å²) in [6.45, 7) is 4.24. The maximum absolute atomic E-state index is 11.6. The van der Waals surface area contributed by atoms with Gasteiger partial charge in [-0.25, -0.2) is 5.43 Å². The third-order valence-electron chi connectivity index (χ3n) is 3.33. The molecule has 0 aromatic carbocycles. The summed E-state index contributed by atoms with van der Waals surface area (Å²) >= 11 is 4.70. The fourth-order valence-electron chi connectivity index (χ4n) is 2.49. The van der Waals surface area contributed by atoms with Crippen LogP contribution in [-0.2, 0) is 42.9 Å². The molecule has 4 N–H and O–H groups in total. The number of hydrogen-bond donors (Lipinski definition) is 3. The molecule has 0 saturated carbocycles. The van der Waals surface area contributed by atoms with E-state index in [1.54, 1.807) is 0 Å². The van der Waals surface area contributed by atoms with Gasteiger partial charge < -0.3 is 29.4 Å². The third kappa shape index (κ3) is 7.62. The van der Waals surface area contributed by atoms with E-state index in [9.17, 15) is 19.2 Å². The summed E-state index contributed by atoms with van der Waals surface area (Å²) in [5.41, 5.74) is 10.4. The van der Waals surface area contributed by atoms with Crippen molar-refractivity contribution in [3.05, 3.63) is 0 Å². The van der Waals surface area contributed by atoms with Crippen molar-refractivity contribution in [2.75, 3.05) is 6.61 Å². The average molecular weight is 421 g/mol. The van der Waals surface area contributed by atoms with E-state index in [4.69, 9.17) is 41.6 Å². The topological polar surface area (TPSA) is 165 Å². The Labute approximate surface area is 166 Å². The zero-order valence-corrected chi connectivity index (χ0v) is 16.6. The number of rotatable bonds is 7. The van der Waals surface area contributed by atoms with Crippen LogP contribution in [0, 0.1) is 0 Å². The largest absolute Gasteiger partial charge is 0.463 e. The average Bonchev–Trinajstić information content (AvgIpc) is 2.54. The Hall–Kier alpha value is -2.51. The first kappa shape index (κ1) is 23.5. The van der Waals surface area contributed by atoms with Crippen molar-refractivity contribution in [1.82, 2.24) is 10.9 Å². The summed E-state index contributed by atoms with van der Waals surface area (Å²) < 4.78 is 26.3. The Kier molecular flexibility index (Phi) is 9.02. The van der Waals surface area contributed by atoms with Gasteiger partial charge in [0.05, 0.1) is 0 Å². The van der Waals surface area contributed by atoms with Crippen molar-refractivity contribution in [3.63, 3.8) is 0 Å². The highest BCUT2D eigenvalue weighted by Crippen LogP contribution is 2.28. The van der Waals surface area contributed by atoms with Crippen LogP contribution in [0.4, 0.5) is 0 Å². The molecule has 12 nitrogen and oxygen atoms in total. The maximum Gasteiger partial charge on any atom is 0.303 e. The fraction of sp³-hybridized carbons (Fsp3) is 0.667.